The summed E-state index contributed by atoms with van der Waals surface area (Å²) in [5.74, 6) is -0.172. The molecule has 0 radical (unpaired) electrons. The van der Waals surface area contributed by atoms with Gasteiger partial charge in [0.1, 0.15) is 5.82 Å². The molecule has 3 rings (SSSR count). The first-order valence-corrected chi connectivity index (χ1v) is 8.17. The molecule has 120 valence electrons. The van der Waals surface area contributed by atoms with E-state index < -0.39 is 0 Å². The smallest absolute Gasteiger partial charge is 0.123 e. The fraction of sp³-hybridized carbons (Fsp3) is 0.556. The zero-order chi connectivity index (χ0) is 15.5. The first-order chi connectivity index (χ1) is 10.6. The van der Waals surface area contributed by atoms with Crippen LogP contribution >= 0.6 is 0 Å². The van der Waals surface area contributed by atoms with Crippen LogP contribution in [0.25, 0.3) is 10.9 Å². The summed E-state index contributed by atoms with van der Waals surface area (Å²) in [5, 5.41) is 0.977. The molecule has 1 aliphatic heterocycles. The summed E-state index contributed by atoms with van der Waals surface area (Å²) >= 11 is 0. The average Bonchev–Trinajstić information content (AvgIpc) is 3.08. The van der Waals surface area contributed by atoms with Gasteiger partial charge in [-0.15, -0.1) is 0 Å². The summed E-state index contributed by atoms with van der Waals surface area (Å²) in [5.41, 5.74) is 2.31. The highest BCUT2D eigenvalue weighted by Crippen LogP contribution is 2.21. The van der Waals surface area contributed by atoms with Crippen molar-refractivity contribution in [2.45, 2.75) is 38.3 Å². The topological polar surface area (TPSA) is 17.4 Å². The van der Waals surface area contributed by atoms with Crippen LogP contribution in [0.2, 0.25) is 0 Å². The van der Waals surface area contributed by atoms with Crippen LogP contribution in [0.4, 0.5) is 4.39 Å². The molecule has 0 spiro atoms. The molecule has 1 aromatic heterocycles. The molecule has 0 amide bonds. The molecule has 22 heavy (non-hydrogen) atoms. The maximum Gasteiger partial charge on any atom is 0.123 e. The van der Waals surface area contributed by atoms with Crippen LogP contribution in [0.3, 0.4) is 0 Å². The Morgan fingerprint density at radius 2 is 2.23 bits per heavy atom. The van der Waals surface area contributed by atoms with E-state index >= 15 is 0 Å². The first kappa shape index (κ1) is 15.5. The Kier molecular flexibility index (Phi) is 4.79. The van der Waals surface area contributed by atoms with E-state index in [-0.39, 0.29) is 5.82 Å². The Hall–Kier alpha value is -1.39. The van der Waals surface area contributed by atoms with Crippen LogP contribution in [0.15, 0.2) is 24.3 Å². The molecule has 1 aliphatic rings. The van der Waals surface area contributed by atoms with Gasteiger partial charge in [0.25, 0.3) is 0 Å². The monoisotopic (exact) mass is 304 g/mol. The van der Waals surface area contributed by atoms with Crippen molar-refractivity contribution in [2.75, 3.05) is 20.2 Å². The normalized spacial score (nSPS) is 18.6. The maximum atomic E-state index is 13.3. The Bertz CT molecular complexity index is 631. The number of halogens is 1. The van der Waals surface area contributed by atoms with Crippen molar-refractivity contribution in [2.24, 2.45) is 7.05 Å². The molecule has 0 N–H and O–H groups in total. The second-order valence-corrected chi connectivity index (χ2v) is 6.41. The number of nitrogens with zero attached hydrogens (tertiary/aromatic N) is 2. The van der Waals surface area contributed by atoms with E-state index in [4.69, 9.17) is 4.74 Å². The molecule has 0 aliphatic carbocycles. The van der Waals surface area contributed by atoms with Gasteiger partial charge in [-0.25, -0.2) is 4.39 Å². The van der Waals surface area contributed by atoms with Gasteiger partial charge in [0, 0.05) is 36.8 Å². The molecule has 1 fully saturated rings. The third-order valence-corrected chi connectivity index (χ3v) is 4.63. The zero-order valence-corrected chi connectivity index (χ0v) is 13.5. The van der Waals surface area contributed by atoms with Crippen molar-refractivity contribution < 1.29 is 9.13 Å². The summed E-state index contributed by atoms with van der Waals surface area (Å²) in [7, 11) is 4.20. The van der Waals surface area contributed by atoms with Gasteiger partial charge in [0.05, 0.1) is 6.10 Å². The highest BCUT2D eigenvalue weighted by Gasteiger charge is 2.15. The lowest BCUT2D eigenvalue weighted by atomic mass is 10.1. The van der Waals surface area contributed by atoms with Gasteiger partial charge in [0.15, 0.2) is 0 Å². The zero-order valence-electron chi connectivity index (χ0n) is 13.5. The lowest BCUT2D eigenvalue weighted by Gasteiger charge is -2.18. The molecule has 0 bridgehead atoms. The lowest BCUT2D eigenvalue weighted by molar-refractivity contribution is 0.0994. The van der Waals surface area contributed by atoms with Gasteiger partial charge in [-0.2, -0.15) is 0 Å². The van der Waals surface area contributed by atoms with Gasteiger partial charge in [-0.1, -0.05) is 0 Å². The van der Waals surface area contributed by atoms with E-state index in [1.807, 2.05) is 6.07 Å². The minimum Gasteiger partial charge on any atom is -0.378 e. The van der Waals surface area contributed by atoms with Crippen LogP contribution in [0.1, 0.15) is 31.4 Å². The number of fused-ring (bicyclic) bond motifs is 1. The van der Waals surface area contributed by atoms with Crippen LogP contribution in [-0.2, 0) is 18.3 Å². The van der Waals surface area contributed by atoms with Gasteiger partial charge < -0.3 is 14.2 Å². The van der Waals surface area contributed by atoms with Crippen LogP contribution in [0.5, 0.6) is 0 Å². The molecule has 3 nitrogen and oxygen atoms in total. The largest absolute Gasteiger partial charge is 0.378 e. The van der Waals surface area contributed by atoms with Crippen molar-refractivity contribution in [1.29, 1.82) is 0 Å². The van der Waals surface area contributed by atoms with Gasteiger partial charge in [-0.05, 0) is 63.5 Å². The quantitative estimate of drug-likeness (QED) is 0.809. The maximum absolute atomic E-state index is 13.3. The van der Waals surface area contributed by atoms with Crippen LogP contribution < -0.4 is 0 Å². The second kappa shape index (κ2) is 6.80. The number of hydrogen-bond donors (Lipinski definition) is 0. The van der Waals surface area contributed by atoms with E-state index in [9.17, 15) is 4.39 Å². The molecule has 4 heteroatoms. The predicted molar refractivity (Wildman–Crippen MR) is 87.4 cm³/mol. The van der Waals surface area contributed by atoms with Gasteiger partial charge >= 0.3 is 0 Å². The highest BCUT2D eigenvalue weighted by atomic mass is 19.1. The standard InChI is InChI=1S/C18H25FN2O/c1-20(9-3-5-17-6-4-10-22-17)13-16-12-14-11-15(19)7-8-18(14)21(16)2/h7-8,11-12,17H,3-6,9-10,13H2,1-2H3/t17-/m0/s1. The molecule has 1 aromatic carbocycles. The van der Waals surface area contributed by atoms with E-state index in [2.05, 4.69) is 29.6 Å². The summed E-state index contributed by atoms with van der Waals surface area (Å²) in [6, 6.07) is 7.08. The summed E-state index contributed by atoms with van der Waals surface area (Å²) in [6.07, 6.45) is 5.24. The average molecular weight is 304 g/mol. The minimum absolute atomic E-state index is 0.172. The lowest BCUT2D eigenvalue weighted by Crippen LogP contribution is -2.21. The molecule has 2 aromatic rings. The number of rotatable bonds is 6. The SMILES string of the molecule is CN(CCC[C@H]1CCCO1)Cc1cc2cc(F)ccc2n1C. The van der Waals surface area contributed by atoms with Crippen molar-refractivity contribution >= 4 is 10.9 Å². The number of aromatic nitrogens is 1. The van der Waals surface area contributed by atoms with E-state index in [0.717, 1.165) is 37.0 Å². The summed E-state index contributed by atoms with van der Waals surface area (Å²) in [4.78, 5) is 2.33. The molecule has 0 saturated carbocycles. The number of benzene rings is 1. The minimum atomic E-state index is -0.172. The van der Waals surface area contributed by atoms with Crippen LogP contribution in [-0.4, -0.2) is 35.8 Å². The van der Waals surface area contributed by atoms with Gasteiger partial charge in [-0.3, -0.25) is 0 Å². The van der Waals surface area contributed by atoms with Crippen molar-refractivity contribution in [1.82, 2.24) is 9.47 Å². The molecular formula is C18H25FN2O. The summed E-state index contributed by atoms with van der Waals surface area (Å²) in [6.45, 7) is 2.89. The molecule has 2 heterocycles. The Morgan fingerprint density at radius 3 is 3.00 bits per heavy atom. The molecule has 1 saturated heterocycles. The van der Waals surface area contributed by atoms with Crippen LogP contribution in [0, 0.1) is 5.82 Å². The third kappa shape index (κ3) is 3.50. The fourth-order valence-electron chi connectivity index (χ4n) is 3.35. The van der Waals surface area contributed by atoms with E-state index in [1.54, 1.807) is 6.07 Å². The predicted octanol–water partition coefficient (Wildman–Crippen LogP) is 3.71. The van der Waals surface area contributed by atoms with E-state index in [0.29, 0.717) is 6.10 Å². The first-order valence-electron chi connectivity index (χ1n) is 8.17. The highest BCUT2D eigenvalue weighted by molar-refractivity contribution is 5.81. The molecule has 1 atom stereocenters. The van der Waals surface area contributed by atoms with Crippen molar-refractivity contribution in [3.8, 4) is 0 Å². The van der Waals surface area contributed by atoms with Crippen molar-refractivity contribution in [3.63, 3.8) is 0 Å². The fourth-order valence-corrected chi connectivity index (χ4v) is 3.35. The second-order valence-electron chi connectivity index (χ2n) is 6.41. The summed E-state index contributed by atoms with van der Waals surface area (Å²) < 4.78 is 21.1. The van der Waals surface area contributed by atoms with Gasteiger partial charge in [0.2, 0.25) is 0 Å². The van der Waals surface area contributed by atoms with Crippen molar-refractivity contribution in [3.05, 3.63) is 35.8 Å². The molecule has 0 unspecified atom stereocenters. The van der Waals surface area contributed by atoms with E-state index in [1.165, 1.54) is 31.0 Å². The third-order valence-electron chi connectivity index (χ3n) is 4.63. The number of hydrogen-bond acceptors (Lipinski definition) is 2. The number of aryl methyl sites for hydroxylation is 1. The Labute approximate surface area is 131 Å². The Balaban J connectivity index is 1.56. The molecular weight excluding hydrogens is 279 g/mol. The number of ether oxygens (including phenoxy) is 1. The Morgan fingerprint density at radius 1 is 1.36 bits per heavy atom.